The van der Waals surface area contributed by atoms with E-state index in [0.29, 0.717) is 11.6 Å². The summed E-state index contributed by atoms with van der Waals surface area (Å²) in [5.74, 6) is 1.12. The second-order valence-electron chi connectivity index (χ2n) is 4.75. The fraction of sp³-hybridized carbons (Fsp3) is 0.188. The van der Waals surface area contributed by atoms with Gasteiger partial charge in [0.05, 0.1) is 5.52 Å². The van der Waals surface area contributed by atoms with E-state index in [4.69, 9.17) is 5.73 Å². The van der Waals surface area contributed by atoms with Crippen LogP contribution in [0.4, 0.5) is 5.82 Å². The zero-order valence-corrected chi connectivity index (χ0v) is 11.6. The van der Waals surface area contributed by atoms with Crippen LogP contribution in [0.3, 0.4) is 0 Å². The van der Waals surface area contributed by atoms with Gasteiger partial charge in [0.15, 0.2) is 5.82 Å². The van der Waals surface area contributed by atoms with E-state index >= 15 is 0 Å². The predicted molar refractivity (Wildman–Crippen MR) is 81.3 cm³/mol. The molecule has 0 aliphatic rings. The van der Waals surface area contributed by atoms with Crippen LogP contribution in [0.2, 0.25) is 0 Å². The molecule has 4 nitrogen and oxygen atoms in total. The Labute approximate surface area is 117 Å². The molecule has 0 aliphatic carbocycles. The van der Waals surface area contributed by atoms with E-state index in [1.54, 1.807) is 0 Å². The van der Waals surface area contributed by atoms with E-state index in [1.807, 2.05) is 43.3 Å². The predicted octanol–water partition coefficient (Wildman–Crippen LogP) is 3.14. The first-order valence-corrected chi connectivity index (χ1v) is 6.68. The van der Waals surface area contributed by atoms with Crippen LogP contribution in [0.5, 0.6) is 0 Å². The van der Waals surface area contributed by atoms with Crippen molar-refractivity contribution in [3.8, 4) is 11.5 Å². The monoisotopic (exact) mass is 264 g/mol. The van der Waals surface area contributed by atoms with Crippen molar-refractivity contribution in [3.63, 3.8) is 0 Å². The average molecular weight is 264 g/mol. The minimum Gasteiger partial charge on any atom is -0.383 e. The maximum Gasteiger partial charge on any atom is 0.180 e. The quantitative estimate of drug-likeness (QED) is 0.772. The maximum atomic E-state index is 5.97. The molecule has 0 saturated heterocycles. The fourth-order valence-electron chi connectivity index (χ4n) is 2.23. The van der Waals surface area contributed by atoms with Gasteiger partial charge in [-0.05, 0) is 25.5 Å². The smallest absolute Gasteiger partial charge is 0.180 e. The molecule has 20 heavy (non-hydrogen) atoms. The van der Waals surface area contributed by atoms with Crippen molar-refractivity contribution in [2.75, 3.05) is 5.73 Å². The minimum atomic E-state index is 0.529. The van der Waals surface area contributed by atoms with Gasteiger partial charge in [-0.1, -0.05) is 31.2 Å². The van der Waals surface area contributed by atoms with E-state index < -0.39 is 0 Å². The Bertz CT molecular complexity index is 781. The molecule has 3 rings (SSSR count). The Balaban J connectivity index is 2.17. The zero-order chi connectivity index (χ0) is 14.1. The molecule has 0 aliphatic heterocycles. The topological polar surface area (TPSA) is 64.7 Å². The Kier molecular flexibility index (Phi) is 3.06. The Hall–Kier alpha value is -2.49. The van der Waals surface area contributed by atoms with Crippen molar-refractivity contribution in [2.24, 2.45) is 0 Å². The van der Waals surface area contributed by atoms with E-state index in [9.17, 15) is 0 Å². The van der Waals surface area contributed by atoms with E-state index in [-0.39, 0.29) is 0 Å². The Morgan fingerprint density at radius 2 is 1.80 bits per heavy atom. The molecule has 0 saturated carbocycles. The lowest BCUT2D eigenvalue weighted by atomic mass is 10.1. The number of rotatable bonds is 2. The lowest BCUT2D eigenvalue weighted by Crippen LogP contribution is -2.04. The molecule has 0 atom stereocenters. The minimum absolute atomic E-state index is 0.529. The first-order valence-electron chi connectivity index (χ1n) is 6.68. The van der Waals surface area contributed by atoms with Crippen molar-refractivity contribution >= 4 is 16.7 Å². The molecule has 0 unspecified atom stereocenters. The lowest BCUT2D eigenvalue weighted by Gasteiger charge is -2.08. The van der Waals surface area contributed by atoms with Crippen LogP contribution in [-0.2, 0) is 6.42 Å². The van der Waals surface area contributed by atoms with Crippen molar-refractivity contribution < 1.29 is 0 Å². The summed E-state index contributed by atoms with van der Waals surface area (Å²) < 4.78 is 0. The molecule has 0 spiro atoms. The first-order chi connectivity index (χ1) is 9.69. The van der Waals surface area contributed by atoms with Gasteiger partial charge in [-0.25, -0.2) is 15.0 Å². The summed E-state index contributed by atoms with van der Waals surface area (Å²) in [6.45, 7) is 4.01. The lowest BCUT2D eigenvalue weighted by molar-refractivity contribution is 0.977. The van der Waals surface area contributed by atoms with Crippen molar-refractivity contribution in [1.29, 1.82) is 0 Å². The fourth-order valence-corrected chi connectivity index (χ4v) is 2.23. The van der Waals surface area contributed by atoms with E-state index in [1.165, 1.54) is 0 Å². The highest BCUT2D eigenvalue weighted by atomic mass is 15.0. The highest BCUT2D eigenvalue weighted by Gasteiger charge is 2.10. The van der Waals surface area contributed by atoms with E-state index in [0.717, 1.165) is 34.3 Å². The normalized spacial score (nSPS) is 10.9. The first kappa shape index (κ1) is 12.5. The third kappa shape index (κ3) is 2.09. The van der Waals surface area contributed by atoms with Gasteiger partial charge in [-0.3, -0.25) is 0 Å². The van der Waals surface area contributed by atoms with Crippen LogP contribution in [-0.4, -0.2) is 15.0 Å². The summed E-state index contributed by atoms with van der Waals surface area (Å²) in [6.07, 6.45) is 0.832. The van der Waals surface area contributed by atoms with Gasteiger partial charge in [0.2, 0.25) is 0 Å². The van der Waals surface area contributed by atoms with Crippen LogP contribution in [0, 0.1) is 6.92 Å². The molecule has 0 radical (unpaired) electrons. The second-order valence-corrected chi connectivity index (χ2v) is 4.75. The number of benzene rings is 1. The van der Waals surface area contributed by atoms with Crippen LogP contribution >= 0.6 is 0 Å². The molecule has 2 heterocycles. The summed E-state index contributed by atoms with van der Waals surface area (Å²) >= 11 is 0. The van der Waals surface area contributed by atoms with E-state index in [2.05, 4.69) is 21.9 Å². The summed E-state index contributed by atoms with van der Waals surface area (Å²) in [6, 6.07) is 12.0. The number of fused-ring (bicyclic) bond motifs is 1. The van der Waals surface area contributed by atoms with Gasteiger partial charge in [-0.15, -0.1) is 0 Å². The highest BCUT2D eigenvalue weighted by Crippen LogP contribution is 2.21. The Morgan fingerprint density at radius 3 is 2.60 bits per heavy atom. The molecule has 100 valence electrons. The number of para-hydroxylation sites is 1. The highest BCUT2D eigenvalue weighted by molar-refractivity contribution is 5.80. The van der Waals surface area contributed by atoms with Gasteiger partial charge < -0.3 is 5.73 Å². The number of aromatic nitrogens is 3. The molecule has 2 aromatic heterocycles. The van der Waals surface area contributed by atoms with Crippen LogP contribution in [0.25, 0.3) is 22.4 Å². The molecule has 0 bridgehead atoms. The molecule has 0 amide bonds. The summed E-state index contributed by atoms with van der Waals surface area (Å²) in [4.78, 5) is 13.5. The number of hydrogen-bond donors (Lipinski definition) is 1. The molecular formula is C16H16N4. The third-order valence-electron chi connectivity index (χ3n) is 3.45. The molecule has 0 fully saturated rings. The second kappa shape index (κ2) is 4.89. The van der Waals surface area contributed by atoms with Gasteiger partial charge in [-0.2, -0.15) is 0 Å². The largest absolute Gasteiger partial charge is 0.383 e. The average Bonchev–Trinajstić information content (AvgIpc) is 2.49. The van der Waals surface area contributed by atoms with Gasteiger partial charge >= 0.3 is 0 Å². The number of nitrogens with zero attached hydrogens (tertiary/aromatic N) is 3. The number of hydrogen-bond acceptors (Lipinski definition) is 4. The number of aryl methyl sites for hydroxylation is 1. The van der Waals surface area contributed by atoms with Crippen LogP contribution in [0.1, 0.15) is 18.2 Å². The molecular weight excluding hydrogens is 248 g/mol. The summed E-state index contributed by atoms with van der Waals surface area (Å²) in [5, 5.41) is 1.10. The summed E-state index contributed by atoms with van der Waals surface area (Å²) in [5.41, 5.74) is 9.59. The zero-order valence-electron chi connectivity index (χ0n) is 11.6. The third-order valence-corrected chi connectivity index (χ3v) is 3.45. The summed E-state index contributed by atoms with van der Waals surface area (Å²) in [7, 11) is 0. The number of anilines is 1. The van der Waals surface area contributed by atoms with Crippen molar-refractivity contribution in [3.05, 3.63) is 47.7 Å². The van der Waals surface area contributed by atoms with Gasteiger partial charge in [0.25, 0.3) is 0 Å². The standard InChI is InChI=1S/C16H16N4/c1-3-12-10(2)15(17)20-16(19-12)14-9-8-11-6-4-5-7-13(11)18-14/h4-9H,3H2,1-2H3,(H2,17,19,20). The van der Waals surface area contributed by atoms with Gasteiger partial charge in [0.1, 0.15) is 11.5 Å². The number of nitrogens with two attached hydrogens (primary N) is 1. The van der Waals surface area contributed by atoms with Crippen molar-refractivity contribution in [1.82, 2.24) is 15.0 Å². The van der Waals surface area contributed by atoms with Crippen LogP contribution < -0.4 is 5.73 Å². The molecule has 4 heteroatoms. The number of pyridine rings is 1. The molecule has 1 aromatic carbocycles. The van der Waals surface area contributed by atoms with Crippen molar-refractivity contribution in [2.45, 2.75) is 20.3 Å². The number of nitrogen functional groups attached to an aromatic ring is 1. The van der Waals surface area contributed by atoms with Gasteiger partial charge in [0, 0.05) is 16.6 Å². The maximum absolute atomic E-state index is 5.97. The van der Waals surface area contributed by atoms with Crippen LogP contribution in [0.15, 0.2) is 36.4 Å². The molecule has 3 aromatic rings. The SMILES string of the molecule is CCc1nc(-c2ccc3ccccc3n2)nc(N)c1C. The molecule has 2 N–H and O–H groups in total. The Morgan fingerprint density at radius 1 is 1.00 bits per heavy atom.